The van der Waals surface area contributed by atoms with Gasteiger partial charge in [0.1, 0.15) is 0 Å². The van der Waals surface area contributed by atoms with Gasteiger partial charge in [-0.2, -0.15) is 5.10 Å². The van der Waals surface area contributed by atoms with Gasteiger partial charge in [-0.15, -0.1) is 0 Å². The number of nitrogens with one attached hydrogen (secondary N) is 2. The van der Waals surface area contributed by atoms with Crippen molar-refractivity contribution in [1.29, 1.82) is 0 Å². The maximum atomic E-state index is 12.6. The molecule has 0 aliphatic carbocycles. The Morgan fingerprint density at radius 3 is 2.34 bits per heavy atom. The lowest BCUT2D eigenvalue weighted by Gasteiger charge is -2.12. The molecule has 6 heteroatoms. The van der Waals surface area contributed by atoms with E-state index in [2.05, 4.69) is 15.7 Å². The summed E-state index contributed by atoms with van der Waals surface area (Å²) < 4.78 is 1.83. The molecule has 29 heavy (non-hydrogen) atoms. The summed E-state index contributed by atoms with van der Waals surface area (Å²) in [5.74, 6) is -0.553. The Morgan fingerprint density at radius 1 is 1.00 bits per heavy atom. The van der Waals surface area contributed by atoms with Crippen molar-refractivity contribution in [2.45, 2.75) is 33.7 Å². The van der Waals surface area contributed by atoms with E-state index in [1.165, 1.54) is 0 Å². The summed E-state index contributed by atoms with van der Waals surface area (Å²) in [7, 11) is 0. The number of nitrogens with zero attached hydrogens (tertiary/aromatic N) is 2. The van der Waals surface area contributed by atoms with Gasteiger partial charge in [0.25, 0.3) is 5.91 Å². The van der Waals surface area contributed by atoms with Gasteiger partial charge in [0.2, 0.25) is 5.91 Å². The molecule has 150 valence electrons. The van der Waals surface area contributed by atoms with Crippen LogP contribution >= 0.6 is 0 Å². The first kappa shape index (κ1) is 20.3. The Bertz CT molecular complexity index is 989. The zero-order chi connectivity index (χ0) is 20.8. The van der Waals surface area contributed by atoms with Crippen LogP contribution in [0.2, 0.25) is 0 Å². The molecule has 0 bridgehead atoms. The molecule has 2 amide bonds. The molecule has 0 fully saturated rings. The largest absolute Gasteiger partial charge is 0.343 e. The molecule has 6 nitrogen and oxygen atoms in total. The number of amides is 2. The predicted molar refractivity (Wildman–Crippen MR) is 114 cm³/mol. The number of hydrogen-bond acceptors (Lipinski definition) is 3. The highest BCUT2D eigenvalue weighted by molar-refractivity contribution is 6.00. The Balaban J connectivity index is 1.64. The molecule has 0 atom stereocenters. The first-order valence-corrected chi connectivity index (χ1v) is 9.72. The van der Waals surface area contributed by atoms with Gasteiger partial charge in [0.05, 0.1) is 30.5 Å². The monoisotopic (exact) mass is 390 g/mol. The SMILES string of the molecule is CCc1c(C(=O)NCC(=O)Nc2c(C)cccc2C)cnn1Cc1ccccc1. The highest BCUT2D eigenvalue weighted by atomic mass is 16.2. The minimum Gasteiger partial charge on any atom is -0.343 e. The van der Waals surface area contributed by atoms with E-state index >= 15 is 0 Å². The van der Waals surface area contributed by atoms with Crippen LogP contribution in [-0.2, 0) is 17.8 Å². The summed E-state index contributed by atoms with van der Waals surface area (Å²) in [6, 6.07) is 15.8. The Hall–Kier alpha value is -3.41. The van der Waals surface area contributed by atoms with Crippen LogP contribution in [0.1, 0.15) is 39.7 Å². The molecule has 0 spiro atoms. The molecule has 2 N–H and O–H groups in total. The van der Waals surface area contributed by atoms with Crippen molar-refractivity contribution in [1.82, 2.24) is 15.1 Å². The van der Waals surface area contributed by atoms with E-state index in [1.54, 1.807) is 6.20 Å². The van der Waals surface area contributed by atoms with Gasteiger partial charge >= 0.3 is 0 Å². The maximum absolute atomic E-state index is 12.6. The number of rotatable bonds is 7. The molecule has 0 saturated heterocycles. The van der Waals surface area contributed by atoms with E-state index in [0.29, 0.717) is 18.5 Å². The van der Waals surface area contributed by atoms with Gasteiger partial charge < -0.3 is 10.6 Å². The molecule has 1 heterocycles. The fourth-order valence-corrected chi connectivity index (χ4v) is 3.32. The first-order valence-electron chi connectivity index (χ1n) is 9.72. The second-order valence-electron chi connectivity index (χ2n) is 7.00. The summed E-state index contributed by atoms with van der Waals surface area (Å²) in [6.45, 7) is 6.37. The lowest BCUT2D eigenvalue weighted by atomic mass is 10.1. The number of para-hydroxylation sites is 1. The lowest BCUT2D eigenvalue weighted by Crippen LogP contribution is -2.33. The summed E-state index contributed by atoms with van der Waals surface area (Å²) in [5, 5.41) is 9.96. The smallest absolute Gasteiger partial charge is 0.255 e. The van der Waals surface area contributed by atoms with Crippen molar-refractivity contribution in [3.8, 4) is 0 Å². The normalized spacial score (nSPS) is 10.6. The van der Waals surface area contributed by atoms with E-state index < -0.39 is 0 Å². The van der Waals surface area contributed by atoms with Crippen molar-refractivity contribution in [3.63, 3.8) is 0 Å². The fraction of sp³-hybridized carbons (Fsp3) is 0.261. The second-order valence-corrected chi connectivity index (χ2v) is 7.00. The fourth-order valence-electron chi connectivity index (χ4n) is 3.32. The van der Waals surface area contributed by atoms with Crippen molar-refractivity contribution in [3.05, 3.63) is 82.7 Å². The molecule has 2 aromatic carbocycles. The van der Waals surface area contributed by atoms with Crippen molar-refractivity contribution in [2.24, 2.45) is 0 Å². The minimum absolute atomic E-state index is 0.0976. The van der Waals surface area contributed by atoms with Crippen LogP contribution in [-0.4, -0.2) is 28.1 Å². The van der Waals surface area contributed by atoms with Crippen LogP contribution in [0.25, 0.3) is 0 Å². The predicted octanol–water partition coefficient (Wildman–Crippen LogP) is 3.48. The minimum atomic E-state index is -0.294. The quantitative estimate of drug-likeness (QED) is 0.648. The summed E-state index contributed by atoms with van der Waals surface area (Å²) in [6.07, 6.45) is 2.24. The lowest BCUT2D eigenvalue weighted by molar-refractivity contribution is -0.115. The van der Waals surface area contributed by atoms with Crippen LogP contribution in [0.4, 0.5) is 5.69 Å². The third kappa shape index (κ3) is 4.90. The number of benzene rings is 2. The topological polar surface area (TPSA) is 76.0 Å². The molecule has 3 rings (SSSR count). The van der Waals surface area contributed by atoms with Crippen molar-refractivity contribution >= 4 is 17.5 Å². The van der Waals surface area contributed by atoms with Gasteiger partial charge in [-0.25, -0.2) is 0 Å². The zero-order valence-corrected chi connectivity index (χ0v) is 17.0. The van der Waals surface area contributed by atoms with Crippen LogP contribution in [0.3, 0.4) is 0 Å². The summed E-state index contributed by atoms with van der Waals surface area (Å²) in [5.41, 5.74) is 5.23. The van der Waals surface area contributed by atoms with Gasteiger partial charge in [0.15, 0.2) is 0 Å². The average Bonchev–Trinajstić information content (AvgIpc) is 3.12. The van der Waals surface area contributed by atoms with E-state index in [0.717, 1.165) is 28.1 Å². The molecule has 0 unspecified atom stereocenters. The molecule has 3 aromatic rings. The van der Waals surface area contributed by atoms with Gasteiger partial charge in [-0.05, 0) is 37.0 Å². The Morgan fingerprint density at radius 2 is 1.69 bits per heavy atom. The van der Waals surface area contributed by atoms with Crippen LogP contribution < -0.4 is 10.6 Å². The molecular weight excluding hydrogens is 364 g/mol. The molecule has 0 aliphatic rings. The molecule has 0 radical (unpaired) electrons. The first-order chi connectivity index (χ1) is 14.0. The third-order valence-electron chi connectivity index (χ3n) is 4.86. The number of carbonyl (C=O) groups excluding carboxylic acids is 2. The number of hydrogen-bond donors (Lipinski definition) is 2. The van der Waals surface area contributed by atoms with E-state index in [9.17, 15) is 9.59 Å². The highest BCUT2D eigenvalue weighted by Crippen LogP contribution is 2.19. The molecular formula is C23H26N4O2. The molecule has 0 aliphatic heterocycles. The molecule has 1 aromatic heterocycles. The van der Waals surface area contributed by atoms with Crippen LogP contribution in [0, 0.1) is 13.8 Å². The maximum Gasteiger partial charge on any atom is 0.255 e. The van der Waals surface area contributed by atoms with E-state index in [-0.39, 0.29) is 18.4 Å². The van der Waals surface area contributed by atoms with E-state index in [1.807, 2.05) is 74.0 Å². The summed E-state index contributed by atoms with van der Waals surface area (Å²) in [4.78, 5) is 24.9. The zero-order valence-electron chi connectivity index (χ0n) is 17.0. The Labute approximate surface area is 170 Å². The number of aromatic nitrogens is 2. The number of carbonyl (C=O) groups is 2. The standard InChI is InChI=1S/C23H26N4O2/c1-4-20-19(13-25-27(20)15-18-11-6-5-7-12-18)23(29)24-14-21(28)26-22-16(2)9-8-10-17(22)3/h5-13H,4,14-15H2,1-3H3,(H,24,29)(H,26,28). The molecule has 0 saturated carbocycles. The summed E-state index contributed by atoms with van der Waals surface area (Å²) >= 11 is 0. The van der Waals surface area contributed by atoms with Crippen LogP contribution in [0.15, 0.2) is 54.7 Å². The average molecular weight is 390 g/mol. The van der Waals surface area contributed by atoms with E-state index in [4.69, 9.17) is 0 Å². The van der Waals surface area contributed by atoms with Gasteiger partial charge in [-0.1, -0.05) is 55.5 Å². The highest BCUT2D eigenvalue weighted by Gasteiger charge is 2.17. The Kier molecular flexibility index (Phi) is 6.44. The van der Waals surface area contributed by atoms with Gasteiger partial charge in [-0.3, -0.25) is 14.3 Å². The second kappa shape index (κ2) is 9.19. The van der Waals surface area contributed by atoms with Crippen molar-refractivity contribution in [2.75, 3.05) is 11.9 Å². The van der Waals surface area contributed by atoms with Crippen molar-refractivity contribution < 1.29 is 9.59 Å². The number of aryl methyl sites for hydroxylation is 2. The number of anilines is 1. The third-order valence-corrected chi connectivity index (χ3v) is 4.86. The van der Waals surface area contributed by atoms with Gasteiger partial charge in [0, 0.05) is 5.69 Å². The van der Waals surface area contributed by atoms with Crippen LogP contribution in [0.5, 0.6) is 0 Å².